The summed E-state index contributed by atoms with van der Waals surface area (Å²) in [5, 5.41) is 0.869. The van der Waals surface area contributed by atoms with Gasteiger partial charge in [0, 0.05) is 17.5 Å². The van der Waals surface area contributed by atoms with Gasteiger partial charge in [-0.3, -0.25) is 4.18 Å². The quantitative estimate of drug-likeness (QED) is 0.0374. The number of ether oxygens (including phenoxy) is 4. The fraction of sp³-hybridized carbons (Fsp3) is 0.367. The van der Waals surface area contributed by atoms with Crippen molar-refractivity contribution in [3.8, 4) is 34.3 Å². The Hall–Kier alpha value is -4.22. The van der Waals surface area contributed by atoms with Crippen molar-refractivity contribution >= 4 is 85.1 Å². The highest BCUT2D eigenvalue weighted by Crippen LogP contribution is 2.52. The highest BCUT2D eigenvalue weighted by Gasteiger charge is 2.39. The van der Waals surface area contributed by atoms with Gasteiger partial charge in [-0.2, -0.15) is 8.42 Å². The van der Waals surface area contributed by atoms with Crippen LogP contribution in [-0.4, -0.2) is 57.6 Å². The molecule has 66 heavy (non-hydrogen) atoms. The molecule has 0 saturated carbocycles. The Morgan fingerprint density at radius 3 is 2.12 bits per heavy atom. The van der Waals surface area contributed by atoms with Crippen LogP contribution in [0.2, 0.25) is 28.2 Å². The van der Waals surface area contributed by atoms with Crippen molar-refractivity contribution in [1.82, 2.24) is 9.97 Å². The van der Waals surface area contributed by atoms with Gasteiger partial charge in [-0.25, -0.2) is 14.8 Å². The first kappa shape index (κ1) is 51.2. The summed E-state index contributed by atoms with van der Waals surface area (Å²) < 4.78 is 63.4. The van der Waals surface area contributed by atoms with Crippen LogP contribution in [0.4, 0.5) is 0 Å². The number of fused-ring (bicyclic) bond motifs is 1. The summed E-state index contributed by atoms with van der Waals surface area (Å²) in [6.45, 7) is 21.7. The number of nitrogens with zero attached hydrogens (tertiary/aromatic N) is 2. The van der Waals surface area contributed by atoms with Crippen LogP contribution in [0.3, 0.4) is 0 Å². The zero-order valence-corrected chi connectivity index (χ0v) is 44.7. The molecule has 352 valence electrons. The zero-order chi connectivity index (χ0) is 48.4. The number of hydrogen-bond acceptors (Lipinski definition) is 12. The highest BCUT2D eigenvalue weighted by atomic mass is 79.9. The summed E-state index contributed by atoms with van der Waals surface area (Å²) in [6.07, 6.45) is 0.215. The first-order valence-corrected chi connectivity index (χ1v) is 27.9. The number of aryl methyl sites for hydroxylation is 1. The second-order valence-electron chi connectivity index (χ2n) is 18.4. The molecule has 2 aromatic heterocycles. The molecule has 0 aliphatic rings. The average molecular weight is 1060 g/mol. The third-order valence-corrected chi connectivity index (χ3v) is 19.5. The van der Waals surface area contributed by atoms with E-state index < -0.39 is 36.1 Å². The van der Waals surface area contributed by atoms with Crippen LogP contribution in [0, 0.1) is 20.8 Å². The lowest BCUT2D eigenvalue weighted by molar-refractivity contribution is -0.163. The van der Waals surface area contributed by atoms with Crippen molar-refractivity contribution in [3.63, 3.8) is 0 Å². The summed E-state index contributed by atoms with van der Waals surface area (Å²) in [6, 6.07) is 21.9. The molecule has 0 fully saturated rings. The van der Waals surface area contributed by atoms with Gasteiger partial charge in [0.1, 0.15) is 48.1 Å². The first-order chi connectivity index (χ1) is 30.9. The van der Waals surface area contributed by atoms with Gasteiger partial charge in [0.05, 0.1) is 24.1 Å². The lowest BCUT2D eigenvalue weighted by Gasteiger charge is -2.36. The average Bonchev–Trinajstić information content (AvgIpc) is 3.57. The smallest absolute Gasteiger partial charge is 0.348 e. The Bertz CT molecular complexity index is 2800. The molecule has 11 nitrogen and oxygen atoms in total. The molecule has 6 aromatic rings. The zero-order valence-electron chi connectivity index (χ0n) is 38.9. The van der Waals surface area contributed by atoms with Crippen LogP contribution in [0.1, 0.15) is 69.4 Å². The minimum Gasteiger partial charge on any atom is -0.543 e. The molecule has 0 unspecified atom stereocenters. The van der Waals surface area contributed by atoms with E-state index in [2.05, 4.69) is 59.8 Å². The number of hydrogen-bond donors (Lipinski definition) is 0. The van der Waals surface area contributed by atoms with Gasteiger partial charge < -0.3 is 23.4 Å². The largest absolute Gasteiger partial charge is 0.543 e. The summed E-state index contributed by atoms with van der Waals surface area (Å²) >= 11 is 19.2. The van der Waals surface area contributed by atoms with Crippen molar-refractivity contribution in [2.75, 3.05) is 13.2 Å². The van der Waals surface area contributed by atoms with Gasteiger partial charge >= 0.3 is 5.97 Å². The minimum atomic E-state index is -4.02. The lowest BCUT2D eigenvalue weighted by atomic mass is 9.95. The number of carbonyl (C=O) groups is 1. The standard InChI is InChI=1S/C49H55BrCl2N2O9S2Si/c1-29-17-20-35(21-18-29)65(56,57)60-24-23-58-43-41(51)30(2)38(31(3)42(43)52)39-40-45(53-28-54-46(40)64-44(39)50)61-37(47(55)62-48(4,5)6)26-33-25-34(63-66(10,11)49(7,8)9)19-22-36(33)59-27-32-15-13-12-14-16-32/h12-22,25,28,37H,23-24,26-27H2,1-11H3/t37-/m1/s1. The number of esters is 1. The van der Waals surface area contributed by atoms with Crippen molar-refractivity contribution < 1.29 is 40.8 Å². The molecule has 0 bridgehead atoms. The van der Waals surface area contributed by atoms with Gasteiger partial charge in [-0.15, -0.1) is 11.3 Å². The van der Waals surface area contributed by atoms with Gasteiger partial charge in [0.2, 0.25) is 20.3 Å². The molecule has 0 radical (unpaired) electrons. The van der Waals surface area contributed by atoms with Gasteiger partial charge in [0.15, 0.2) is 5.75 Å². The molecule has 6 rings (SSSR count). The summed E-state index contributed by atoms with van der Waals surface area (Å²) in [5.74, 6) is 0.915. The van der Waals surface area contributed by atoms with Gasteiger partial charge in [-0.1, -0.05) is 92.0 Å². The van der Waals surface area contributed by atoms with E-state index in [-0.39, 0.29) is 51.2 Å². The molecule has 4 aromatic carbocycles. The Morgan fingerprint density at radius 1 is 0.848 bits per heavy atom. The maximum atomic E-state index is 14.3. The van der Waals surface area contributed by atoms with E-state index in [1.165, 1.54) is 29.8 Å². The predicted molar refractivity (Wildman–Crippen MR) is 269 cm³/mol. The van der Waals surface area contributed by atoms with E-state index in [9.17, 15) is 13.2 Å². The maximum absolute atomic E-state index is 14.3. The van der Waals surface area contributed by atoms with Crippen molar-refractivity contribution in [2.45, 2.75) is 110 Å². The van der Waals surface area contributed by atoms with Crippen LogP contribution in [-0.2, 0) is 36.9 Å². The van der Waals surface area contributed by atoms with E-state index in [0.29, 0.717) is 59.9 Å². The number of rotatable bonds is 17. The van der Waals surface area contributed by atoms with Crippen LogP contribution in [0.5, 0.6) is 23.1 Å². The molecule has 17 heteroatoms. The fourth-order valence-corrected chi connectivity index (χ4v) is 10.8. The van der Waals surface area contributed by atoms with E-state index >= 15 is 0 Å². The summed E-state index contributed by atoms with van der Waals surface area (Å²) in [7, 11) is -6.28. The van der Waals surface area contributed by atoms with E-state index in [1.54, 1.807) is 32.9 Å². The second-order valence-corrected chi connectivity index (χ2v) is 27.8. The topological polar surface area (TPSA) is 132 Å². The van der Waals surface area contributed by atoms with Crippen molar-refractivity contribution in [2.24, 2.45) is 0 Å². The Kier molecular flexibility index (Phi) is 15.9. The highest BCUT2D eigenvalue weighted by molar-refractivity contribution is 9.11. The van der Waals surface area contributed by atoms with Gasteiger partial charge in [-0.05, 0) is 128 Å². The number of benzene rings is 4. The normalized spacial score (nSPS) is 12.8. The predicted octanol–water partition coefficient (Wildman–Crippen LogP) is 13.4. The monoisotopic (exact) mass is 1060 g/mol. The Labute approximate surface area is 411 Å². The van der Waals surface area contributed by atoms with E-state index in [0.717, 1.165) is 11.1 Å². The maximum Gasteiger partial charge on any atom is 0.348 e. The SMILES string of the molecule is Cc1ccc(S(=O)(=O)OCCOc2c(Cl)c(C)c(-c3c(Br)sc4ncnc(O[C@H](Cc5cc(O[Si](C)(C)C(C)(C)C)ccc5OCc5ccccc5)C(=O)OC(C)(C)C)c34)c(C)c2Cl)cc1. The number of carbonyl (C=O) groups excluding carboxylic acids is 1. The van der Waals surface area contributed by atoms with Crippen molar-refractivity contribution in [1.29, 1.82) is 0 Å². The molecule has 0 amide bonds. The molecule has 0 saturated heterocycles. The number of halogens is 3. The number of thiophene rings is 1. The molecular formula is C49H55BrCl2N2O9S2Si. The second kappa shape index (κ2) is 20.6. The molecule has 2 heterocycles. The Balaban J connectivity index is 1.37. The fourth-order valence-electron chi connectivity index (χ4n) is 6.67. The van der Waals surface area contributed by atoms with Crippen LogP contribution in [0.25, 0.3) is 21.3 Å². The van der Waals surface area contributed by atoms with Crippen LogP contribution in [0.15, 0.2) is 87.8 Å². The molecular weight excluding hydrogens is 1000 g/mol. The summed E-state index contributed by atoms with van der Waals surface area (Å²) in [4.78, 5) is 24.1. The molecule has 0 aliphatic heterocycles. The molecule has 0 N–H and O–H groups in total. The third-order valence-electron chi connectivity index (χ3n) is 11.1. The summed E-state index contributed by atoms with van der Waals surface area (Å²) in [5.41, 5.74) is 4.25. The Morgan fingerprint density at radius 2 is 1.50 bits per heavy atom. The number of aromatic nitrogens is 2. The lowest BCUT2D eigenvalue weighted by Crippen LogP contribution is -2.43. The first-order valence-electron chi connectivity index (χ1n) is 21.3. The molecule has 1 atom stereocenters. The van der Waals surface area contributed by atoms with Gasteiger partial charge in [0.25, 0.3) is 10.1 Å². The van der Waals surface area contributed by atoms with E-state index in [4.69, 9.17) is 50.8 Å². The van der Waals surface area contributed by atoms with Crippen molar-refractivity contribution in [3.05, 3.63) is 121 Å². The third kappa shape index (κ3) is 12.1. The molecule has 0 aliphatic carbocycles. The van der Waals surface area contributed by atoms with E-state index in [1.807, 2.05) is 69.3 Å². The van der Waals surface area contributed by atoms with Crippen LogP contribution >= 0.6 is 50.5 Å². The molecule has 0 spiro atoms. The van der Waals surface area contributed by atoms with Crippen LogP contribution < -0.4 is 18.6 Å². The minimum absolute atomic E-state index is 0.0389.